The van der Waals surface area contributed by atoms with Gasteiger partial charge in [-0.1, -0.05) is 25.1 Å². The minimum atomic E-state index is -2.99. The minimum Gasteiger partial charge on any atom is -0.488 e. The number of nitrogens with one attached hydrogen (secondary N) is 2. The van der Waals surface area contributed by atoms with Crippen molar-refractivity contribution < 1.29 is 13.2 Å². The number of rotatable bonds is 8. The fourth-order valence-corrected chi connectivity index (χ4v) is 2.74. The number of sulfone groups is 1. The summed E-state index contributed by atoms with van der Waals surface area (Å²) in [5.74, 6) is 1.65. The van der Waals surface area contributed by atoms with Gasteiger partial charge in [-0.05, 0) is 33.8 Å². The van der Waals surface area contributed by atoms with Gasteiger partial charge in [-0.15, -0.1) is 0 Å². The molecule has 0 unspecified atom stereocenters. The fraction of sp³-hybridized carbons (Fsp3) is 0.611. The van der Waals surface area contributed by atoms with Gasteiger partial charge < -0.3 is 15.4 Å². The van der Waals surface area contributed by atoms with Crippen molar-refractivity contribution in [1.29, 1.82) is 0 Å². The quantitative estimate of drug-likeness (QED) is 0.543. The second kappa shape index (κ2) is 9.65. The molecule has 7 heteroatoms. The van der Waals surface area contributed by atoms with E-state index < -0.39 is 9.84 Å². The van der Waals surface area contributed by atoms with Crippen molar-refractivity contribution in [3.63, 3.8) is 0 Å². The van der Waals surface area contributed by atoms with E-state index in [0.29, 0.717) is 25.6 Å². The summed E-state index contributed by atoms with van der Waals surface area (Å²) >= 11 is 0. The second-order valence-corrected chi connectivity index (χ2v) is 9.15. The molecule has 1 aromatic rings. The van der Waals surface area contributed by atoms with E-state index in [9.17, 15) is 8.42 Å². The highest BCUT2D eigenvalue weighted by molar-refractivity contribution is 7.91. The molecule has 1 aromatic carbocycles. The van der Waals surface area contributed by atoms with Gasteiger partial charge in [0.2, 0.25) is 0 Å². The van der Waals surface area contributed by atoms with Crippen LogP contribution >= 0.6 is 0 Å². The molecule has 0 saturated carbocycles. The van der Waals surface area contributed by atoms with Gasteiger partial charge in [-0.3, -0.25) is 0 Å². The number of guanidine groups is 1. The number of aliphatic imine (C=N–C) groups is 1. The Morgan fingerprint density at radius 2 is 1.84 bits per heavy atom. The average Bonchev–Trinajstić information content (AvgIpc) is 2.52. The van der Waals surface area contributed by atoms with Gasteiger partial charge in [0.05, 0.1) is 12.3 Å². The van der Waals surface area contributed by atoms with Crippen LogP contribution in [0.4, 0.5) is 0 Å². The van der Waals surface area contributed by atoms with Gasteiger partial charge in [0.25, 0.3) is 0 Å². The normalized spacial score (nSPS) is 12.8. The third-order valence-electron chi connectivity index (χ3n) is 3.29. The molecule has 0 heterocycles. The Hall–Kier alpha value is -1.76. The van der Waals surface area contributed by atoms with E-state index in [1.54, 1.807) is 6.92 Å². The molecule has 25 heavy (non-hydrogen) atoms. The van der Waals surface area contributed by atoms with Crippen LogP contribution in [-0.2, 0) is 16.4 Å². The topological polar surface area (TPSA) is 79.8 Å². The van der Waals surface area contributed by atoms with Crippen LogP contribution in [0.5, 0.6) is 5.75 Å². The first-order chi connectivity index (χ1) is 11.7. The molecule has 6 nitrogen and oxygen atoms in total. The minimum absolute atomic E-state index is 0.0949. The number of nitrogens with zero attached hydrogens (tertiary/aromatic N) is 1. The Labute approximate surface area is 152 Å². The van der Waals surface area contributed by atoms with E-state index in [4.69, 9.17) is 4.74 Å². The van der Waals surface area contributed by atoms with Crippen LogP contribution in [0.15, 0.2) is 29.3 Å². The zero-order valence-corrected chi connectivity index (χ0v) is 16.7. The van der Waals surface area contributed by atoms with Gasteiger partial charge in [0.15, 0.2) is 15.8 Å². The molecular formula is C18H31N3O3S. The summed E-state index contributed by atoms with van der Waals surface area (Å²) in [5, 5.41) is 6.20. The molecule has 142 valence electrons. The third kappa shape index (κ3) is 8.77. The summed E-state index contributed by atoms with van der Waals surface area (Å²) in [6.07, 6.45) is 0. The number of hydrogen-bond donors (Lipinski definition) is 2. The Bertz CT molecular complexity index is 664. The number of benzene rings is 1. The molecule has 0 aliphatic heterocycles. The molecule has 0 saturated heterocycles. The molecule has 0 radical (unpaired) electrons. The predicted molar refractivity (Wildman–Crippen MR) is 104 cm³/mol. The first-order valence-corrected chi connectivity index (χ1v) is 10.5. The molecule has 0 aromatic heterocycles. The lowest BCUT2D eigenvalue weighted by molar-refractivity contribution is 0.129. The highest BCUT2D eigenvalue weighted by atomic mass is 32.2. The summed E-state index contributed by atoms with van der Waals surface area (Å²) in [6, 6.07) is 7.81. The summed E-state index contributed by atoms with van der Waals surface area (Å²) in [4.78, 5) is 4.54. The van der Waals surface area contributed by atoms with Gasteiger partial charge in [-0.2, -0.15) is 0 Å². The molecule has 0 fully saturated rings. The van der Waals surface area contributed by atoms with E-state index in [1.165, 1.54) is 0 Å². The van der Waals surface area contributed by atoms with E-state index in [-0.39, 0.29) is 17.1 Å². The average molecular weight is 370 g/mol. The summed E-state index contributed by atoms with van der Waals surface area (Å²) in [6.45, 7) is 11.1. The van der Waals surface area contributed by atoms with Crippen molar-refractivity contribution >= 4 is 15.8 Å². The Morgan fingerprint density at radius 1 is 1.16 bits per heavy atom. The molecule has 0 atom stereocenters. The summed E-state index contributed by atoms with van der Waals surface area (Å²) in [5.41, 5.74) is 0.702. The summed E-state index contributed by atoms with van der Waals surface area (Å²) in [7, 11) is -2.99. The highest BCUT2D eigenvalue weighted by Gasteiger charge is 2.14. The van der Waals surface area contributed by atoms with Crippen molar-refractivity contribution in [1.82, 2.24) is 10.6 Å². The highest BCUT2D eigenvalue weighted by Crippen LogP contribution is 2.23. The van der Waals surface area contributed by atoms with E-state index in [0.717, 1.165) is 11.3 Å². The maximum Gasteiger partial charge on any atom is 0.191 e. The molecule has 2 N–H and O–H groups in total. The molecule has 0 aliphatic rings. The van der Waals surface area contributed by atoms with Gasteiger partial charge >= 0.3 is 0 Å². The van der Waals surface area contributed by atoms with Crippen LogP contribution in [0.3, 0.4) is 0 Å². The maximum absolute atomic E-state index is 11.6. The molecule has 0 bridgehead atoms. The van der Waals surface area contributed by atoms with Crippen LogP contribution in [0.25, 0.3) is 0 Å². The van der Waals surface area contributed by atoms with Crippen molar-refractivity contribution in [2.75, 3.05) is 24.6 Å². The van der Waals surface area contributed by atoms with Crippen LogP contribution in [-0.4, -0.2) is 44.6 Å². The zero-order valence-electron chi connectivity index (χ0n) is 15.9. The number of para-hydroxylation sites is 1. The number of ether oxygens (including phenoxy) is 1. The van der Waals surface area contributed by atoms with Crippen molar-refractivity contribution in [3.8, 4) is 5.75 Å². The third-order valence-corrected chi connectivity index (χ3v) is 4.99. The SMILES string of the molecule is CCNC(=NCc1ccccc1OC(C)(C)C)NCCS(=O)(=O)CC. The van der Waals surface area contributed by atoms with Gasteiger partial charge in [0.1, 0.15) is 11.4 Å². The first kappa shape index (κ1) is 21.3. The van der Waals surface area contributed by atoms with Crippen LogP contribution in [0.2, 0.25) is 0 Å². The monoisotopic (exact) mass is 369 g/mol. The lowest BCUT2D eigenvalue weighted by Gasteiger charge is -2.23. The lowest BCUT2D eigenvalue weighted by Crippen LogP contribution is -2.39. The first-order valence-electron chi connectivity index (χ1n) is 8.66. The van der Waals surface area contributed by atoms with Gasteiger partial charge in [-0.25, -0.2) is 13.4 Å². The predicted octanol–water partition coefficient (Wildman–Crippen LogP) is 2.35. The maximum atomic E-state index is 11.6. The Kier molecular flexibility index (Phi) is 8.22. The largest absolute Gasteiger partial charge is 0.488 e. The van der Waals surface area contributed by atoms with E-state index in [2.05, 4.69) is 15.6 Å². The number of hydrogen-bond acceptors (Lipinski definition) is 4. The lowest BCUT2D eigenvalue weighted by atomic mass is 10.1. The van der Waals surface area contributed by atoms with Crippen molar-refractivity contribution in [2.24, 2.45) is 4.99 Å². The van der Waals surface area contributed by atoms with Crippen LogP contribution in [0, 0.1) is 0 Å². The van der Waals surface area contributed by atoms with E-state index in [1.807, 2.05) is 52.0 Å². The van der Waals surface area contributed by atoms with E-state index >= 15 is 0 Å². The Balaban J connectivity index is 2.77. The zero-order chi connectivity index (χ0) is 18.9. The standard InChI is InChI=1S/C18H31N3O3S/c1-6-19-17(20-12-13-25(22,23)7-2)21-14-15-10-8-9-11-16(15)24-18(3,4)5/h8-11H,6-7,12-14H2,1-5H3,(H2,19,20,21). The Morgan fingerprint density at radius 3 is 2.44 bits per heavy atom. The van der Waals surface area contributed by atoms with Crippen molar-refractivity contribution in [3.05, 3.63) is 29.8 Å². The van der Waals surface area contributed by atoms with Crippen molar-refractivity contribution in [2.45, 2.75) is 46.8 Å². The fourth-order valence-electron chi connectivity index (χ4n) is 2.04. The molecule has 1 rings (SSSR count). The van der Waals surface area contributed by atoms with Crippen LogP contribution in [0.1, 0.15) is 40.2 Å². The van der Waals surface area contributed by atoms with Gasteiger partial charge in [0, 0.05) is 24.4 Å². The molecule has 0 aliphatic carbocycles. The van der Waals surface area contributed by atoms with Crippen LogP contribution < -0.4 is 15.4 Å². The molecular weight excluding hydrogens is 338 g/mol. The summed E-state index contributed by atoms with van der Waals surface area (Å²) < 4.78 is 29.1. The molecule has 0 amide bonds. The molecule has 0 spiro atoms. The second-order valence-electron chi connectivity index (χ2n) is 6.68. The smallest absolute Gasteiger partial charge is 0.191 e.